The fourth-order valence-electron chi connectivity index (χ4n) is 1.27. The lowest BCUT2D eigenvalue weighted by Gasteiger charge is -2.02. The monoisotopic (exact) mass is 239 g/mol. The minimum atomic E-state index is 0.545. The molecule has 0 aliphatic carbocycles. The van der Waals surface area contributed by atoms with Gasteiger partial charge in [0.2, 0.25) is 0 Å². The Morgan fingerprint density at radius 3 is 2.60 bits per heavy atom. The normalized spacial score (nSPS) is 10.3. The van der Waals surface area contributed by atoms with Crippen molar-refractivity contribution in [3.05, 3.63) is 35.5 Å². The molecule has 2 nitrogen and oxygen atoms in total. The van der Waals surface area contributed by atoms with Crippen LogP contribution in [0.4, 0.5) is 0 Å². The lowest BCUT2D eigenvalue weighted by atomic mass is 10.2. The van der Waals surface area contributed by atoms with Crippen LogP contribution in [0.5, 0.6) is 5.75 Å². The van der Waals surface area contributed by atoms with Gasteiger partial charge in [0.1, 0.15) is 10.9 Å². The van der Waals surface area contributed by atoms with Gasteiger partial charge in [-0.3, -0.25) is 0 Å². The molecular formula is C11H10ClNOS. The minimum Gasteiger partial charge on any atom is -0.494 e. The molecule has 0 spiro atoms. The molecule has 0 aliphatic rings. The zero-order valence-corrected chi connectivity index (χ0v) is 9.81. The number of rotatable bonds is 3. The first kappa shape index (κ1) is 10.5. The van der Waals surface area contributed by atoms with Crippen molar-refractivity contribution in [2.75, 3.05) is 6.61 Å². The van der Waals surface area contributed by atoms with Crippen molar-refractivity contribution < 1.29 is 4.74 Å². The molecule has 0 aliphatic heterocycles. The first-order valence-corrected chi connectivity index (χ1v) is 5.80. The molecule has 0 saturated heterocycles. The molecule has 2 aromatic rings. The number of ether oxygens (including phenoxy) is 1. The molecule has 0 amide bonds. The summed E-state index contributed by atoms with van der Waals surface area (Å²) in [6.45, 7) is 2.66. The highest BCUT2D eigenvalue weighted by Crippen LogP contribution is 2.28. The molecule has 78 valence electrons. The van der Waals surface area contributed by atoms with Crippen molar-refractivity contribution >= 4 is 23.1 Å². The van der Waals surface area contributed by atoms with Crippen LogP contribution in [-0.4, -0.2) is 11.0 Å². The summed E-state index contributed by atoms with van der Waals surface area (Å²) in [6.07, 6.45) is 0. The van der Waals surface area contributed by atoms with Crippen molar-refractivity contribution in [3.8, 4) is 16.2 Å². The fourth-order valence-corrected chi connectivity index (χ4v) is 2.19. The first-order chi connectivity index (χ1) is 7.29. The quantitative estimate of drug-likeness (QED) is 0.812. The van der Waals surface area contributed by atoms with E-state index in [1.54, 1.807) is 0 Å². The Morgan fingerprint density at radius 1 is 1.33 bits per heavy atom. The zero-order valence-electron chi connectivity index (χ0n) is 8.24. The van der Waals surface area contributed by atoms with Crippen LogP contribution >= 0.6 is 23.1 Å². The van der Waals surface area contributed by atoms with Crippen LogP contribution in [0.25, 0.3) is 10.4 Å². The van der Waals surface area contributed by atoms with E-state index in [0.29, 0.717) is 11.8 Å². The second-order valence-electron chi connectivity index (χ2n) is 2.97. The summed E-state index contributed by atoms with van der Waals surface area (Å²) in [6, 6.07) is 9.78. The maximum atomic E-state index is 5.77. The van der Waals surface area contributed by atoms with Gasteiger partial charge >= 0.3 is 0 Å². The molecule has 0 saturated carbocycles. The fraction of sp³-hybridized carbons (Fsp3) is 0.182. The summed E-state index contributed by atoms with van der Waals surface area (Å²) in [5.74, 6) is 0.886. The number of halogens is 1. The molecule has 0 atom stereocenters. The highest BCUT2D eigenvalue weighted by Gasteiger charge is 2.02. The highest BCUT2D eigenvalue weighted by molar-refractivity contribution is 7.09. The average Bonchev–Trinajstić information content (AvgIpc) is 2.67. The van der Waals surface area contributed by atoms with Gasteiger partial charge in [0.05, 0.1) is 11.5 Å². The van der Waals surface area contributed by atoms with Crippen LogP contribution in [-0.2, 0) is 0 Å². The van der Waals surface area contributed by atoms with Crippen molar-refractivity contribution in [1.29, 1.82) is 0 Å². The molecular weight excluding hydrogens is 230 g/mol. The Hall–Kier alpha value is -1.06. The number of aromatic nitrogens is 1. The van der Waals surface area contributed by atoms with Gasteiger partial charge in [-0.05, 0) is 54.4 Å². The van der Waals surface area contributed by atoms with Gasteiger partial charge in [0.15, 0.2) is 0 Å². The second-order valence-corrected chi connectivity index (χ2v) is 4.16. The topological polar surface area (TPSA) is 22.1 Å². The van der Waals surface area contributed by atoms with Crippen molar-refractivity contribution in [1.82, 2.24) is 4.37 Å². The van der Waals surface area contributed by atoms with Gasteiger partial charge in [-0.1, -0.05) is 11.6 Å². The van der Waals surface area contributed by atoms with E-state index in [1.165, 1.54) is 11.5 Å². The van der Waals surface area contributed by atoms with E-state index in [9.17, 15) is 0 Å². The Kier molecular flexibility index (Phi) is 3.23. The Balaban J connectivity index is 2.23. The SMILES string of the molecule is CCOc1ccc(-c2cc(Cl)ns2)cc1. The third kappa shape index (κ3) is 2.49. The van der Waals surface area contributed by atoms with Gasteiger partial charge in [-0.2, -0.15) is 4.37 Å². The van der Waals surface area contributed by atoms with Crippen LogP contribution in [0.3, 0.4) is 0 Å². The maximum Gasteiger partial charge on any atom is 0.143 e. The number of nitrogens with zero attached hydrogens (tertiary/aromatic N) is 1. The largest absolute Gasteiger partial charge is 0.494 e. The van der Waals surface area contributed by atoms with Gasteiger partial charge in [0.25, 0.3) is 0 Å². The van der Waals surface area contributed by atoms with E-state index in [-0.39, 0.29) is 0 Å². The van der Waals surface area contributed by atoms with Crippen molar-refractivity contribution in [2.24, 2.45) is 0 Å². The van der Waals surface area contributed by atoms with Gasteiger partial charge in [-0.25, -0.2) is 0 Å². The standard InChI is InChI=1S/C11H10ClNOS/c1-2-14-9-5-3-8(4-6-9)10-7-11(12)13-15-10/h3-7H,2H2,1H3. The summed E-state index contributed by atoms with van der Waals surface area (Å²) >= 11 is 7.17. The maximum absolute atomic E-state index is 5.77. The Labute approximate surface area is 97.6 Å². The van der Waals surface area contributed by atoms with E-state index in [1.807, 2.05) is 37.3 Å². The summed E-state index contributed by atoms with van der Waals surface area (Å²) in [5, 5.41) is 0.545. The molecule has 0 N–H and O–H groups in total. The molecule has 1 aromatic carbocycles. The van der Waals surface area contributed by atoms with Crippen LogP contribution in [0, 0.1) is 0 Å². The van der Waals surface area contributed by atoms with Crippen molar-refractivity contribution in [3.63, 3.8) is 0 Å². The molecule has 0 radical (unpaired) electrons. The Bertz CT molecular complexity index is 438. The predicted octanol–water partition coefficient (Wildman–Crippen LogP) is 3.86. The summed E-state index contributed by atoms with van der Waals surface area (Å²) in [4.78, 5) is 1.07. The molecule has 1 aromatic heterocycles. The molecule has 0 bridgehead atoms. The molecule has 2 rings (SSSR count). The van der Waals surface area contributed by atoms with Crippen molar-refractivity contribution in [2.45, 2.75) is 6.92 Å². The summed E-state index contributed by atoms with van der Waals surface area (Å²) in [5.41, 5.74) is 1.11. The van der Waals surface area contributed by atoms with E-state index in [0.717, 1.165) is 16.2 Å². The molecule has 15 heavy (non-hydrogen) atoms. The third-order valence-corrected chi connectivity index (χ3v) is 3.06. The number of hydrogen-bond donors (Lipinski definition) is 0. The average molecular weight is 240 g/mol. The summed E-state index contributed by atoms with van der Waals surface area (Å²) < 4.78 is 9.39. The van der Waals surface area contributed by atoms with E-state index < -0.39 is 0 Å². The van der Waals surface area contributed by atoms with E-state index in [4.69, 9.17) is 16.3 Å². The van der Waals surface area contributed by atoms with Crippen LogP contribution in [0.15, 0.2) is 30.3 Å². The predicted molar refractivity (Wildman–Crippen MR) is 63.7 cm³/mol. The van der Waals surface area contributed by atoms with E-state index in [2.05, 4.69) is 4.37 Å². The lowest BCUT2D eigenvalue weighted by molar-refractivity contribution is 0.340. The van der Waals surface area contributed by atoms with Crippen LogP contribution in [0.2, 0.25) is 5.15 Å². The highest BCUT2D eigenvalue weighted by atomic mass is 35.5. The molecule has 0 unspecified atom stereocenters. The summed E-state index contributed by atoms with van der Waals surface area (Å²) in [7, 11) is 0. The van der Waals surface area contributed by atoms with Gasteiger partial charge < -0.3 is 4.74 Å². The number of benzene rings is 1. The molecule has 0 fully saturated rings. The zero-order chi connectivity index (χ0) is 10.7. The Morgan fingerprint density at radius 2 is 2.07 bits per heavy atom. The third-order valence-electron chi connectivity index (χ3n) is 1.93. The number of hydrogen-bond acceptors (Lipinski definition) is 3. The van der Waals surface area contributed by atoms with Crippen LogP contribution in [0.1, 0.15) is 6.92 Å². The molecule has 4 heteroatoms. The molecule has 1 heterocycles. The smallest absolute Gasteiger partial charge is 0.143 e. The van der Waals surface area contributed by atoms with Gasteiger partial charge in [0, 0.05) is 0 Å². The lowest BCUT2D eigenvalue weighted by Crippen LogP contribution is -1.90. The van der Waals surface area contributed by atoms with Crippen LogP contribution < -0.4 is 4.74 Å². The van der Waals surface area contributed by atoms with Gasteiger partial charge in [-0.15, -0.1) is 0 Å². The second kappa shape index (κ2) is 4.64. The first-order valence-electron chi connectivity index (χ1n) is 4.65. The van der Waals surface area contributed by atoms with E-state index >= 15 is 0 Å². The minimum absolute atomic E-state index is 0.545.